The molecule has 5 rings (SSSR count). The molecule has 0 aliphatic carbocycles. The Balaban J connectivity index is 1.37. The predicted molar refractivity (Wildman–Crippen MR) is 132 cm³/mol. The summed E-state index contributed by atoms with van der Waals surface area (Å²) in [6.07, 6.45) is 1.43. The van der Waals surface area contributed by atoms with Crippen LogP contribution >= 0.6 is 12.2 Å². The van der Waals surface area contributed by atoms with Gasteiger partial charge in [0.2, 0.25) is 6.79 Å². The fourth-order valence-electron chi connectivity index (χ4n) is 3.73. The fraction of sp³-hybridized carbons (Fsp3) is 0.115. The molecule has 182 valence electrons. The number of carbonyl (C=O) groups is 2. The van der Waals surface area contributed by atoms with Gasteiger partial charge in [-0.1, -0.05) is 12.1 Å². The number of halogens is 1. The predicted octanol–water partition coefficient (Wildman–Crippen LogP) is 3.97. The number of anilines is 1. The van der Waals surface area contributed by atoms with Crippen molar-refractivity contribution in [1.82, 2.24) is 5.32 Å². The number of methoxy groups -OCH3 is 1. The van der Waals surface area contributed by atoms with Crippen LogP contribution in [0.1, 0.15) is 11.1 Å². The van der Waals surface area contributed by atoms with Gasteiger partial charge in [0, 0.05) is 0 Å². The molecule has 3 aromatic rings. The van der Waals surface area contributed by atoms with Crippen molar-refractivity contribution in [1.29, 1.82) is 0 Å². The van der Waals surface area contributed by atoms with Gasteiger partial charge in [0.1, 0.15) is 18.0 Å². The SMILES string of the molecule is COc1cc(/C=C2\C(=O)NC(=S)N(c3ccc(F)cc3)C2=O)ccc1OCc1ccc2c(c1)OCO2. The number of rotatable bonds is 6. The highest BCUT2D eigenvalue weighted by molar-refractivity contribution is 7.80. The number of nitrogens with zero attached hydrogens (tertiary/aromatic N) is 1. The zero-order valence-corrected chi connectivity index (χ0v) is 19.8. The molecule has 2 aliphatic rings. The fourth-order valence-corrected chi connectivity index (χ4v) is 4.01. The smallest absolute Gasteiger partial charge is 0.270 e. The van der Waals surface area contributed by atoms with Crippen molar-refractivity contribution in [3.05, 3.63) is 83.2 Å². The van der Waals surface area contributed by atoms with E-state index in [1.807, 2.05) is 18.2 Å². The first-order valence-electron chi connectivity index (χ1n) is 10.8. The summed E-state index contributed by atoms with van der Waals surface area (Å²) < 4.78 is 35.4. The molecule has 0 bridgehead atoms. The number of nitrogens with one attached hydrogen (secondary N) is 1. The van der Waals surface area contributed by atoms with Crippen molar-refractivity contribution in [3.63, 3.8) is 0 Å². The second kappa shape index (κ2) is 9.67. The molecule has 2 amide bonds. The molecule has 36 heavy (non-hydrogen) atoms. The normalized spacial score (nSPS) is 15.8. The summed E-state index contributed by atoms with van der Waals surface area (Å²) in [6, 6.07) is 15.8. The maximum atomic E-state index is 13.3. The third-order valence-electron chi connectivity index (χ3n) is 5.52. The van der Waals surface area contributed by atoms with Gasteiger partial charge in [0.25, 0.3) is 11.8 Å². The zero-order valence-electron chi connectivity index (χ0n) is 18.9. The number of thiocarbonyl (C=S) groups is 1. The molecule has 0 atom stereocenters. The van der Waals surface area contributed by atoms with E-state index in [1.54, 1.807) is 18.2 Å². The summed E-state index contributed by atoms with van der Waals surface area (Å²) in [5, 5.41) is 2.42. The second-order valence-corrected chi connectivity index (χ2v) is 8.21. The minimum Gasteiger partial charge on any atom is -0.493 e. The molecule has 0 saturated carbocycles. The molecule has 2 aliphatic heterocycles. The van der Waals surface area contributed by atoms with Crippen molar-refractivity contribution in [3.8, 4) is 23.0 Å². The molecule has 2 heterocycles. The van der Waals surface area contributed by atoms with Crippen LogP contribution in [0.25, 0.3) is 6.08 Å². The van der Waals surface area contributed by atoms with Crippen LogP contribution in [0.5, 0.6) is 23.0 Å². The van der Waals surface area contributed by atoms with Crippen LogP contribution in [0.15, 0.2) is 66.2 Å². The molecule has 1 N–H and O–H groups in total. The average molecular weight is 507 g/mol. The highest BCUT2D eigenvalue weighted by Crippen LogP contribution is 2.34. The minimum absolute atomic E-state index is 0.0846. The van der Waals surface area contributed by atoms with Gasteiger partial charge in [-0.3, -0.25) is 19.8 Å². The van der Waals surface area contributed by atoms with Crippen LogP contribution in [0, 0.1) is 5.82 Å². The number of hydrogen-bond acceptors (Lipinski definition) is 7. The third-order valence-corrected chi connectivity index (χ3v) is 5.80. The quantitative estimate of drug-likeness (QED) is 0.308. The van der Waals surface area contributed by atoms with Crippen LogP contribution in [-0.4, -0.2) is 30.8 Å². The number of hydrogen-bond donors (Lipinski definition) is 1. The first-order valence-corrected chi connectivity index (χ1v) is 11.2. The molecular weight excluding hydrogens is 487 g/mol. The molecular formula is C26H19FN2O6S. The van der Waals surface area contributed by atoms with Crippen LogP contribution in [0.4, 0.5) is 10.1 Å². The summed E-state index contributed by atoms with van der Waals surface area (Å²) in [5.74, 6) is 0.527. The number of amides is 2. The third kappa shape index (κ3) is 4.58. The number of benzene rings is 3. The summed E-state index contributed by atoms with van der Waals surface area (Å²) >= 11 is 5.17. The van der Waals surface area contributed by atoms with Crippen molar-refractivity contribution in [2.45, 2.75) is 6.61 Å². The summed E-state index contributed by atoms with van der Waals surface area (Å²) in [5.41, 5.74) is 1.62. The van der Waals surface area contributed by atoms with Gasteiger partial charge in [-0.05, 0) is 78.0 Å². The van der Waals surface area contributed by atoms with E-state index in [0.717, 1.165) is 10.5 Å². The van der Waals surface area contributed by atoms with Gasteiger partial charge < -0.3 is 18.9 Å². The molecule has 3 aromatic carbocycles. The van der Waals surface area contributed by atoms with Crippen molar-refractivity contribution in [2.24, 2.45) is 0 Å². The largest absolute Gasteiger partial charge is 0.493 e. The minimum atomic E-state index is -0.634. The Hall–Kier alpha value is -4.44. The van der Waals surface area contributed by atoms with E-state index in [9.17, 15) is 14.0 Å². The Kier molecular flexibility index (Phi) is 6.26. The van der Waals surface area contributed by atoms with Gasteiger partial charge in [-0.15, -0.1) is 0 Å². The average Bonchev–Trinajstić information content (AvgIpc) is 3.34. The van der Waals surface area contributed by atoms with E-state index in [-0.39, 0.29) is 24.1 Å². The van der Waals surface area contributed by atoms with Crippen LogP contribution in [0.3, 0.4) is 0 Å². The zero-order chi connectivity index (χ0) is 25.2. The highest BCUT2D eigenvalue weighted by atomic mass is 32.1. The lowest BCUT2D eigenvalue weighted by Gasteiger charge is -2.28. The van der Waals surface area contributed by atoms with E-state index in [0.29, 0.717) is 34.2 Å². The summed E-state index contributed by atoms with van der Waals surface area (Å²) in [4.78, 5) is 26.8. The van der Waals surface area contributed by atoms with Gasteiger partial charge in [0.05, 0.1) is 12.8 Å². The topological polar surface area (TPSA) is 86.3 Å². The molecule has 10 heteroatoms. The van der Waals surface area contributed by atoms with Crippen LogP contribution in [-0.2, 0) is 16.2 Å². The summed E-state index contributed by atoms with van der Waals surface area (Å²) in [7, 11) is 1.49. The van der Waals surface area contributed by atoms with Gasteiger partial charge in [-0.25, -0.2) is 4.39 Å². The Bertz CT molecular complexity index is 1410. The number of ether oxygens (including phenoxy) is 4. The lowest BCUT2D eigenvalue weighted by molar-refractivity contribution is -0.122. The molecule has 1 saturated heterocycles. The standard InChI is InChI=1S/C26H19FN2O6S/c1-32-22-11-15(2-8-20(22)33-13-16-3-9-21-23(12-16)35-14-34-21)10-19-24(30)28-26(36)29(25(19)31)18-6-4-17(27)5-7-18/h2-12H,13-14H2,1H3,(H,28,30,36)/b19-10+. The van der Waals surface area contributed by atoms with E-state index >= 15 is 0 Å². The van der Waals surface area contributed by atoms with E-state index in [1.165, 1.54) is 37.5 Å². The molecule has 0 unspecified atom stereocenters. The molecule has 0 radical (unpaired) electrons. The van der Waals surface area contributed by atoms with Crippen molar-refractivity contribution < 1.29 is 32.9 Å². The monoisotopic (exact) mass is 506 g/mol. The van der Waals surface area contributed by atoms with E-state index in [2.05, 4.69) is 5.32 Å². The van der Waals surface area contributed by atoms with E-state index < -0.39 is 17.6 Å². The van der Waals surface area contributed by atoms with E-state index in [4.69, 9.17) is 31.2 Å². The lowest BCUT2D eigenvalue weighted by Crippen LogP contribution is -2.54. The van der Waals surface area contributed by atoms with Gasteiger partial charge >= 0.3 is 0 Å². The number of carbonyl (C=O) groups excluding carboxylic acids is 2. The van der Waals surface area contributed by atoms with Crippen LogP contribution < -0.4 is 29.2 Å². The van der Waals surface area contributed by atoms with Gasteiger partial charge in [0.15, 0.2) is 28.1 Å². The number of fused-ring (bicyclic) bond motifs is 1. The second-order valence-electron chi connectivity index (χ2n) is 7.82. The maximum absolute atomic E-state index is 13.3. The molecule has 0 spiro atoms. The Labute approximate surface area is 210 Å². The lowest BCUT2D eigenvalue weighted by atomic mass is 10.1. The van der Waals surface area contributed by atoms with Crippen LogP contribution in [0.2, 0.25) is 0 Å². The molecule has 1 fully saturated rings. The first-order chi connectivity index (χ1) is 17.4. The van der Waals surface area contributed by atoms with Gasteiger partial charge in [-0.2, -0.15) is 0 Å². The Morgan fingerprint density at radius 3 is 2.58 bits per heavy atom. The van der Waals surface area contributed by atoms with Crippen molar-refractivity contribution >= 4 is 40.9 Å². The Morgan fingerprint density at radius 2 is 1.81 bits per heavy atom. The first kappa shape index (κ1) is 23.3. The summed E-state index contributed by atoms with van der Waals surface area (Å²) in [6.45, 7) is 0.455. The molecule has 8 nitrogen and oxygen atoms in total. The highest BCUT2D eigenvalue weighted by Gasteiger charge is 2.34. The molecule has 0 aromatic heterocycles. The maximum Gasteiger partial charge on any atom is 0.270 e. The van der Waals surface area contributed by atoms with Crippen molar-refractivity contribution in [2.75, 3.05) is 18.8 Å². The Morgan fingerprint density at radius 1 is 1.03 bits per heavy atom.